The lowest BCUT2D eigenvalue weighted by Crippen LogP contribution is -2.48. The molecule has 2 aliphatic heterocycles. The van der Waals surface area contributed by atoms with E-state index in [0.29, 0.717) is 6.10 Å². The van der Waals surface area contributed by atoms with E-state index in [1.165, 1.54) is 50.2 Å². The van der Waals surface area contributed by atoms with E-state index in [1.54, 1.807) is 0 Å². The number of nitrogens with zero attached hydrogens (tertiary/aromatic N) is 1. The monoisotopic (exact) mass is 271 g/mol. The second kappa shape index (κ2) is 7.76. The maximum absolute atomic E-state index is 5.93. The third-order valence-electron chi connectivity index (χ3n) is 4.18. The lowest BCUT2D eigenvalue weighted by Gasteiger charge is -2.40. The summed E-state index contributed by atoms with van der Waals surface area (Å²) in [7, 11) is 0. The Morgan fingerprint density at radius 3 is 2.78 bits per heavy atom. The van der Waals surface area contributed by atoms with Gasteiger partial charge in [-0.2, -0.15) is 11.8 Å². The van der Waals surface area contributed by atoms with Crippen molar-refractivity contribution in [2.75, 3.05) is 31.2 Å². The topological polar surface area (TPSA) is 12.5 Å². The summed E-state index contributed by atoms with van der Waals surface area (Å²) >= 11 is 2.12. The molecule has 0 aliphatic carbocycles. The van der Waals surface area contributed by atoms with E-state index in [1.807, 2.05) is 0 Å². The first kappa shape index (κ1) is 14.7. The van der Waals surface area contributed by atoms with Crippen molar-refractivity contribution < 1.29 is 4.74 Å². The average molecular weight is 271 g/mol. The summed E-state index contributed by atoms with van der Waals surface area (Å²) < 4.78 is 5.93. The van der Waals surface area contributed by atoms with Gasteiger partial charge < -0.3 is 4.74 Å². The number of hydrogen-bond donors (Lipinski definition) is 0. The zero-order chi connectivity index (χ0) is 12.8. The second-order valence-corrected chi connectivity index (χ2v) is 7.38. The third kappa shape index (κ3) is 4.75. The fraction of sp³-hybridized carbons (Fsp3) is 1.00. The molecule has 0 N–H and O–H groups in total. The maximum Gasteiger partial charge on any atom is 0.0702 e. The predicted molar refractivity (Wildman–Crippen MR) is 80.3 cm³/mol. The zero-order valence-corrected chi connectivity index (χ0v) is 12.9. The molecule has 0 aromatic rings. The van der Waals surface area contributed by atoms with E-state index >= 15 is 0 Å². The number of ether oxygens (including phenoxy) is 1. The van der Waals surface area contributed by atoms with Crippen LogP contribution >= 0.6 is 11.8 Å². The molecule has 0 spiro atoms. The van der Waals surface area contributed by atoms with E-state index < -0.39 is 0 Å². The highest BCUT2D eigenvalue weighted by atomic mass is 32.2. The van der Waals surface area contributed by atoms with Crippen LogP contribution in [0.25, 0.3) is 0 Å². The van der Waals surface area contributed by atoms with Crippen LogP contribution in [-0.4, -0.2) is 48.2 Å². The minimum absolute atomic E-state index is 0.507. The molecule has 0 aromatic carbocycles. The van der Waals surface area contributed by atoms with Gasteiger partial charge in [0.1, 0.15) is 0 Å². The molecule has 2 nitrogen and oxygen atoms in total. The summed E-state index contributed by atoms with van der Waals surface area (Å²) in [4.78, 5) is 2.71. The van der Waals surface area contributed by atoms with E-state index in [9.17, 15) is 0 Å². The minimum Gasteiger partial charge on any atom is -0.376 e. The molecule has 2 saturated heterocycles. The number of hydrogen-bond acceptors (Lipinski definition) is 3. The fourth-order valence-corrected chi connectivity index (χ4v) is 4.13. The van der Waals surface area contributed by atoms with Crippen LogP contribution in [0.5, 0.6) is 0 Å². The Morgan fingerprint density at radius 1 is 1.28 bits per heavy atom. The average Bonchev–Trinajstić information content (AvgIpc) is 2.40. The molecular formula is C15H29NOS. The van der Waals surface area contributed by atoms with Crippen molar-refractivity contribution in [3.8, 4) is 0 Å². The molecule has 2 fully saturated rings. The summed E-state index contributed by atoms with van der Waals surface area (Å²) in [6.07, 6.45) is 7.23. The molecule has 0 aromatic heterocycles. The van der Waals surface area contributed by atoms with Crippen molar-refractivity contribution in [1.82, 2.24) is 4.90 Å². The molecule has 0 radical (unpaired) electrons. The van der Waals surface area contributed by atoms with Gasteiger partial charge in [0, 0.05) is 19.1 Å². The van der Waals surface area contributed by atoms with Crippen molar-refractivity contribution >= 4 is 11.8 Å². The number of thioether (sulfide) groups is 1. The lowest BCUT2D eigenvalue weighted by atomic mass is 10.0. The van der Waals surface area contributed by atoms with Gasteiger partial charge in [-0.15, -0.1) is 0 Å². The van der Waals surface area contributed by atoms with E-state index in [4.69, 9.17) is 4.74 Å². The Balaban J connectivity index is 1.70. The van der Waals surface area contributed by atoms with Gasteiger partial charge >= 0.3 is 0 Å². The largest absolute Gasteiger partial charge is 0.376 e. The molecule has 2 aliphatic rings. The van der Waals surface area contributed by atoms with Crippen LogP contribution in [0, 0.1) is 5.92 Å². The molecule has 0 amide bonds. The SMILES string of the molecule is CC(C)CCC[C@H]1CN(C2CCSCC2)CCO1. The zero-order valence-electron chi connectivity index (χ0n) is 12.1. The molecule has 3 heteroatoms. The molecule has 106 valence electrons. The Morgan fingerprint density at radius 2 is 2.06 bits per heavy atom. The summed E-state index contributed by atoms with van der Waals surface area (Å²) in [6, 6.07) is 0.850. The maximum atomic E-state index is 5.93. The van der Waals surface area contributed by atoms with Crippen LogP contribution in [0.4, 0.5) is 0 Å². The minimum atomic E-state index is 0.507. The molecule has 2 rings (SSSR count). The van der Waals surface area contributed by atoms with E-state index in [2.05, 4.69) is 30.5 Å². The standard InChI is InChI=1S/C15H29NOS/c1-13(2)4-3-5-15-12-16(8-9-17-15)14-6-10-18-11-7-14/h13-15H,3-12H2,1-2H3/t15-/m0/s1. The van der Waals surface area contributed by atoms with Crippen molar-refractivity contribution in [2.45, 2.75) is 58.1 Å². The lowest BCUT2D eigenvalue weighted by molar-refractivity contribution is -0.0485. The molecule has 0 unspecified atom stereocenters. The summed E-state index contributed by atoms with van der Waals surface area (Å²) in [5.74, 6) is 3.56. The molecule has 18 heavy (non-hydrogen) atoms. The summed E-state index contributed by atoms with van der Waals surface area (Å²) in [6.45, 7) is 7.93. The molecule has 1 atom stereocenters. The van der Waals surface area contributed by atoms with Crippen LogP contribution in [0.3, 0.4) is 0 Å². The van der Waals surface area contributed by atoms with Gasteiger partial charge in [-0.3, -0.25) is 4.90 Å². The second-order valence-electron chi connectivity index (χ2n) is 6.16. The first-order chi connectivity index (χ1) is 8.75. The van der Waals surface area contributed by atoms with Gasteiger partial charge in [0.2, 0.25) is 0 Å². The van der Waals surface area contributed by atoms with Crippen molar-refractivity contribution in [3.63, 3.8) is 0 Å². The molecule has 0 bridgehead atoms. The van der Waals surface area contributed by atoms with Crippen LogP contribution in [0.2, 0.25) is 0 Å². The van der Waals surface area contributed by atoms with Gasteiger partial charge in [-0.1, -0.05) is 26.7 Å². The number of rotatable bonds is 5. The Labute approximate surface area is 117 Å². The van der Waals surface area contributed by atoms with Gasteiger partial charge in [0.15, 0.2) is 0 Å². The van der Waals surface area contributed by atoms with Crippen LogP contribution in [0.15, 0.2) is 0 Å². The summed E-state index contributed by atoms with van der Waals surface area (Å²) in [5, 5.41) is 0. The van der Waals surface area contributed by atoms with Gasteiger partial charge in [0.25, 0.3) is 0 Å². The fourth-order valence-electron chi connectivity index (χ4n) is 3.05. The predicted octanol–water partition coefficient (Wildman–Crippen LogP) is 3.41. The number of morpholine rings is 1. The Hall–Kier alpha value is 0.270. The van der Waals surface area contributed by atoms with Gasteiger partial charge in [0.05, 0.1) is 12.7 Å². The van der Waals surface area contributed by atoms with Crippen molar-refractivity contribution in [3.05, 3.63) is 0 Å². The van der Waals surface area contributed by atoms with Crippen LogP contribution in [0.1, 0.15) is 46.0 Å². The normalized spacial score (nSPS) is 27.8. The van der Waals surface area contributed by atoms with E-state index in [-0.39, 0.29) is 0 Å². The van der Waals surface area contributed by atoms with Crippen molar-refractivity contribution in [1.29, 1.82) is 0 Å². The van der Waals surface area contributed by atoms with Gasteiger partial charge in [-0.25, -0.2) is 0 Å². The van der Waals surface area contributed by atoms with Crippen LogP contribution < -0.4 is 0 Å². The summed E-state index contributed by atoms with van der Waals surface area (Å²) in [5.41, 5.74) is 0. The van der Waals surface area contributed by atoms with E-state index in [0.717, 1.165) is 25.1 Å². The van der Waals surface area contributed by atoms with Crippen molar-refractivity contribution in [2.24, 2.45) is 5.92 Å². The van der Waals surface area contributed by atoms with Gasteiger partial charge in [-0.05, 0) is 36.7 Å². The Bertz CT molecular complexity index is 229. The smallest absolute Gasteiger partial charge is 0.0702 e. The van der Waals surface area contributed by atoms with Crippen LogP contribution in [-0.2, 0) is 4.74 Å². The molecule has 0 saturated carbocycles. The first-order valence-electron chi connectivity index (χ1n) is 7.69. The highest BCUT2D eigenvalue weighted by Gasteiger charge is 2.27. The molecular weight excluding hydrogens is 242 g/mol. The highest BCUT2D eigenvalue weighted by Crippen LogP contribution is 2.24. The Kier molecular flexibility index (Phi) is 6.33. The quantitative estimate of drug-likeness (QED) is 0.760. The first-order valence-corrected chi connectivity index (χ1v) is 8.84. The highest BCUT2D eigenvalue weighted by molar-refractivity contribution is 7.99. The molecule has 2 heterocycles. The third-order valence-corrected chi connectivity index (χ3v) is 5.23.